The van der Waals surface area contributed by atoms with Crippen LogP contribution < -0.4 is 0 Å². The largest absolute Gasteiger partial charge is 0.460 e. The van der Waals surface area contributed by atoms with Crippen molar-refractivity contribution in [2.45, 2.75) is 65.6 Å². The summed E-state index contributed by atoms with van der Waals surface area (Å²) in [6.07, 6.45) is 4.78. The summed E-state index contributed by atoms with van der Waals surface area (Å²) in [6, 6.07) is 0. The number of ketones is 1. The lowest BCUT2D eigenvalue weighted by molar-refractivity contribution is -0.173. The summed E-state index contributed by atoms with van der Waals surface area (Å²) in [5, 5.41) is 20.6. The Morgan fingerprint density at radius 3 is 2.67 bits per heavy atom. The van der Waals surface area contributed by atoms with Crippen LogP contribution in [0.25, 0.3) is 0 Å². The van der Waals surface area contributed by atoms with Crippen molar-refractivity contribution in [3.8, 4) is 0 Å². The Labute approximate surface area is 161 Å². The maximum Gasteiger partial charge on any atom is 0.332 e. The van der Waals surface area contributed by atoms with Gasteiger partial charge in [-0.2, -0.15) is 0 Å². The van der Waals surface area contributed by atoms with E-state index in [9.17, 15) is 19.8 Å². The van der Waals surface area contributed by atoms with E-state index in [0.717, 1.165) is 18.4 Å². The van der Waals surface area contributed by atoms with E-state index in [-0.39, 0.29) is 17.6 Å². The van der Waals surface area contributed by atoms with Gasteiger partial charge < -0.3 is 14.9 Å². The van der Waals surface area contributed by atoms with Crippen LogP contribution in [0, 0.1) is 28.1 Å². The first-order valence-corrected chi connectivity index (χ1v) is 9.92. The molecule has 3 rings (SSSR count). The van der Waals surface area contributed by atoms with Gasteiger partial charge in [0.05, 0.1) is 6.10 Å². The molecule has 2 fully saturated rings. The molecule has 0 amide bonds. The smallest absolute Gasteiger partial charge is 0.332 e. The molecule has 150 valence electrons. The monoisotopic (exact) mass is 376 g/mol. The molecule has 0 radical (unpaired) electrons. The molecule has 0 spiro atoms. The summed E-state index contributed by atoms with van der Waals surface area (Å²) >= 11 is 0. The molecule has 3 aliphatic carbocycles. The number of aliphatic hydroxyl groups is 2. The molecule has 2 saturated carbocycles. The van der Waals surface area contributed by atoms with E-state index < -0.39 is 41.0 Å². The zero-order chi connectivity index (χ0) is 20.2. The molecule has 0 aromatic carbocycles. The Morgan fingerprint density at radius 1 is 1.41 bits per heavy atom. The Balaban J connectivity index is 2.23. The van der Waals surface area contributed by atoms with E-state index in [4.69, 9.17) is 4.74 Å². The molecule has 0 heterocycles. The Kier molecular flexibility index (Phi) is 4.92. The van der Waals surface area contributed by atoms with Gasteiger partial charge in [0.1, 0.15) is 12.7 Å². The number of ether oxygens (including phenoxy) is 1. The number of rotatable bonds is 3. The highest BCUT2D eigenvalue weighted by atomic mass is 16.6. The summed E-state index contributed by atoms with van der Waals surface area (Å²) in [6.45, 7) is 11.5. The van der Waals surface area contributed by atoms with Gasteiger partial charge in [-0.15, -0.1) is 6.58 Å². The van der Waals surface area contributed by atoms with Crippen LogP contribution in [0.4, 0.5) is 0 Å². The summed E-state index contributed by atoms with van der Waals surface area (Å²) < 4.78 is 5.76. The van der Waals surface area contributed by atoms with Crippen LogP contribution in [0.5, 0.6) is 0 Å². The minimum absolute atomic E-state index is 0.0822. The van der Waals surface area contributed by atoms with Crippen LogP contribution in [-0.2, 0) is 14.3 Å². The molecule has 0 unspecified atom stereocenters. The highest BCUT2D eigenvalue weighted by Crippen LogP contribution is 2.66. The van der Waals surface area contributed by atoms with E-state index in [1.54, 1.807) is 12.2 Å². The predicted molar refractivity (Wildman–Crippen MR) is 102 cm³/mol. The second kappa shape index (κ2) is 6.56. The summed E-state index contributed by atoms with van der Waals surface area (Å²) in [5.41, 5.74) is -0.574. The van der Waals surface area contributed by atoms with Crippen molar-refractivity contribution in [1.29, 1.82) is 0 Å². The molecule has 2 N–H and O–H groups in total. The maximum atomic E-state index is 12.6. The lowest BCUT2D eigenvalue weighted by Crippen LogP contribution is -2.58. The SMILES string of the molecule is C=C[C@]1(C)C[C@@H](OC(=O)CO)[C@@]2(C)C3=CC(=O)C[C@@]3(CC[C@H]2C)[C@@H](C)[C@@H]1O. The van der Waals surface area contributed by atoms with Crippen LogP contribution in [0.15, 0.2) is 24.3 Å². The number of allylic oxidation sites excluding steroid dienone is 1. The molecule has 0 aromatic heterocycles. The van der Waals surface area contributed by atoms with E-state index in [1.165, 1.54) is 0 Å². The molecule has 0 aromatic rings. The second-order valence-corrected chi connectivity index (χ2v) is 9.36. The van der Waals surface area contributed by atoms with Crippen molar-refractivity contribution in [3.63, 3.8) is 0 Å². The normalized spacial score (nSPS) is 46.7. The van der Waals surface area contributed by atoms with Crippen LogP contribution in [-0.4, -0.2) is 40.8 Å². The fourth-order valence-electron chi connectivity index (χ4n) is 6.01. The Morgan fingerprint density at radius 2 is 2.07 bits per heavy atom. The number of esters is 1. The van der Waals surface area contributed by atoms with Crippen molar-refractivity contribution in [2.24, 2.45) is 28.1 Å². The van der Waals surface area contributed by atoms with E-state index in [2.05, 4.69) is 20.4 Å². The highest BCUT2D eigenvalue weighted by molar-refractivity contribution is 5.95. The molecular formula is C22H32O5. The number of hydrogen-bond donors (Lipinski definition) is 2. The molecular weight excluding hydrogens is 344 g/mol. The van der Waals surface area contributed by atoms with Gasteiger partial charge in [-0.3, -0.25) is 4.79 Å². The van der Waals surface area contributed by atoms with Gasteiger partial charge >= 0.3 is 5.97 Å². The molecule has 0 aliphatic heterocycles. The highest BCUT2D eigenvalue weighted by Gasteiger charge is 2.63. The zero-order valence-electron chi connectivity index (χ0n) is 16.8. The first kappa shape index (κ1) is 20.3. The quantitative estimate of drug-likeness (QED) is 0.584. The van der Waals surface area contributed by atoms with Gasteiger partial charge in [-0.1, -0.05) is 33.8 Å². The number of hydrogen-bond acceptors (Lipinski definition) is 5. The second-order valence-electron chi connectivity index (χ2n) is 9.36. The van der Waals surface area contributed by atoms with Crippen molar-refractivity contribution in [3.05, 3.63) is 24.3 Å². The molecule has 0 saturated heterocycles. The third-order valence-electron chi connectivity index (χ3n) is 8.14. The van der Waals surface area contributed by atoms with Gasteiger partial charge in [0.2, 0.25) is 0 Å². The van der Waals surface area contributed by atoms with Gasteiger partial charge in [-0.25, -0.2) is 4.79 Å². The Hall–Kier alpha value is -1.46. The number of aliphatic hydroxyl groups excluding tert-OH is 2. The van der Waals surface area contributed by atoms with Crippen LogP contribution in [0.2, 0.25) is 0 Å². The van der Waals surface area contributed by atoms with E-state index >= 15 is 0 Å². The fraction of sp³-hybridized carbons (Fsp3) is 0.727. The van der Waals surface area contributed by atoms with E-state index in [1.807, 2.05) is 13.8 Å². The van der Waals surface area contributed by atoms with Crippen molar-refractivity contribution in [1.82, 2.24) is 0 Å². The fourth-order valence-corrected chi connectivity index (χ4v) is 6.01. The van der Waals surface area contributed by atoms with Crippen molar-refractivity contribution < 1.29 is 24.5 Å². The minimum atomic E-state index is -0.711. The summed E-state index contributed by atoms with van der Waals surface area (Å²) in [7, 11) is 0. The molecule has 5 nitrogen and oxygen atoms in total. The van der Waals surface area contributed by atoms with Crippen molar-refractivity contribution in [2.75, 3.05) is 6.61 Å². The Bertz CT molecular complexity index is 697. The topological polar surface area (TPSA) is 83.8 Å². The van der Waals surface area contributed by atoms with Crippen LogP contribution in [0.3, 0.4) is 0 Å². The van der Waals surface area contributed by atoms with E-state index in [0.29, 0.717) is 12.8 Å². The lowest BCUT2D eigenvalue weighted by atomic mass is 9.46. The predicted octanol–water partition coefficient (Wildman–Crippen LogP) is 2.81. The minimum Gasteiger partial charge on any atom is -0.460 e. The van der Waals surface area contributed by atoms with Gasteiger partial charge in [0, 0.05) is 22.7 Å². The van der Waals surface area contributed by atoms with Crippen molar-refractivity contribution >= 4 is 11.8 Å². The number of carbonyl (C=O) groups is 2. The zero-order valence-corrected chi connectivity index (χ0v) is 16.8. The standard InChI is InChI=1S/C22H32O5/c1-6-20(4)11-17(27-18(25)12-23)21(5)13(2)7-8-22(14(3)19(20)26)10-15(24)9-16(21)22/h6,9,13-14,17,19,23,26H,1,7-8,10-12H2,2-5H3/t13-,14+,17-,19+,20-,21-,22+/m1/s1. The van der Waals surface area contributed by atoms with Gasteiger partial charge in [0.25, 0.3) is 0 Å². The first-order chi connectivity index (χ1) is 12.5. The molecule has 2 bridgehead atoms. The average molecular weight is 376 g/mol. The van der Waals surface area contributed by atoms with Crippen LogP contribution >= 0.6 is 0 Å². The molecule has 7 atom stereocenters. The van der Waals surface area contributed by atoms with Crippen LogP contribution in [0.1, 0.15) is 53.4 Å². The summed E-state index contributed by atoms with van der Waals surface area (Å²) in [5.74, 6) is -0.502. The summed E-state index contributed by atoms with van der Waals surface area (Å²) in [4.78, 5) is 24.6. The molecule has 3 aliphatic rings. The lowest BCUT2D eigenvalue weighted by Gasteiger charge is -2.60. The average Bonchev–Trinajstić information content (AvgIpc) is 3.00. The van der Waals surface area contributed by atoms with Gasteiger partial charge in [-0.05, 0) is 42.7 Å². The van der Waals surface area contributed by atoms with Gasteiger partial charge in [0.15, 0.2) is 5.78 Å². The third kappa shape index (κ3) is 2.73. The third-order valence-corrected chi connectivity index (χ3v) is 8.14. The maximum absolute atomic E-state index is 12.6. The molecule has 27 heavy (non-hydrogen) atoms. The molecule has 5 heteroatoms. The first-order valence-electron chi connectivity index (χ1n) is 9.92. The number of carbonyl (C=O) groups excluding carboxylic acids is 2.